The second-order valence-electron chi connectivity index (χ2n) is 4.61. The maximum Gasteiger partial charge on any atom is 0.149 e. The van der Waals surface area contributed by atoms with Crippen LogP contribution in [-0.2, 0) is 4.79 Å². The second kappa shape index (κ2) is 3.79. The van der Waals surface area contributed by atoms with Crippen LogP contribution >= 0.6 is 0 Å². The van der Waals surface area contributed by atoms with Crippen LogP contribution in [0.1, 0.15) is 38.5 Å². The average molecular weight is 181 g/mol. The summed E-state index contributed by atoms with van der Waals surface area (Å²) in [5, 5.41) is 0. The van der Waals surface area contributed by atoms with Crippen LogP contribution in [0.2, 0.25) is 0 Å². The van der Waals surface area contributed by atoms with Gasteiger partial charge in [0.25, 0.3) is 0 Å². The molecule has 0 N–H and O–H groups in total. The van der Waals surface area contributed by atoms with Gasteiger partial charge >= 0.3 is 0 Å². The van der Waals surface area contributed by atoms with Gasteiger partial charge in [0.2, 0.25) is 0 Å². The molecule has 2 fully saturated rings. The molecule has 1 unspecified atom stereocenters. The zero-order valence-corrected chi connectivity index (χ0v) is 8.46. The minimum atomic E-state index is 0.259. The zero-order valence-electron chi connectivity index (χ0n) is 8.46. The minimum absolute atomic E-state index is 0.259. The summed E-state index contributed by atoms with van der Waals surface area (Å²) in [5.41, 5.74) is 0. The lowest BCUT2D eigenvalue weighted by Crippen LogP contribution is -2.41. The predicted octanol–water partition coefficient (Wildman–Crippen LogP) is 1.84. The molecule has 0 aromatic heterocycles. The van der Waals surface area contributed by atoms with Gasteiger partial charge in [0.15, 0.2) is 0 Å². The fourth-order valence-electron chi connectivity index (χ4n) is 2.27. The van der Waals surface area contributed by atoms with E-state index in [1.807, 2.05) is 0 Å². The van der Waals surface area contributed by atoms with Crippen LogP contribution in [0.3, 0.4) is 0 Å². The van der Waals surface area contributed by atoms with E-state index in [1.54, 1.807) is 0 Å². The highest BCUT2D eigenvalue weighted by molar-refractivity contribution is 5.84. The van der Waals surface area contributed by atoms with Crippen LogP contribution in [0.4, 0.5) is 0 Å². The van der Waals surface area contributed by atoms with Gasteiger partial charge < -0.3 is 0 Å². The fraction of sp³-hybridized carbons (Fsp3) is 0.909. The first kappa shape index (κ1) is 9.20. The number of Topliss-reactive ketones (excluding diaryl/α,β-unsaturated/α-hetero) is 1. The van der Waals surface area contributed by atoms with Crippen LogP contribution in [0.15, 0.2) is 0 Å². The van der Waals surface area contributed by atoms with Crippen molar-refractivity contribution in [2.24, 2.45) is 5.92 Å². The van der Waals surface area contributed by atoms with Crippen LogP contribution in [-0.4, -0.2) is 30.3 Å². The van der Waals surface area contributed by atoms with Crippen molar-refractivity contribution in [3.63, 3.8) is 0 Å². The zero-order chi connectivity index (χ0) is 9.26. The molecule has 0 spiro atoms. The van der Waals surface area contributed by atoms with Crippen LogP contribution in [0, 0.1) is 5.92 Å². The third-order valence-electron chi connectivity index (χ3n) is 3.30. The molecule has 2 nitrogen and oxygen atoms in total. The maximum absolute atomic E-state index is 11.6. The quantitative estimate of drug-likeness (QED) is 0.662. The van der Waals surface area contributed by atoms with Gasteiger partial charge in [-0.1, -0.05) is 6.42 Å². The fourth-order valence-corrected chi connectivity index (χ4v) is 2.27. The molecule has 2 saturated carbocycles. The van der Waals surface area contributed by atoms with Crippen molar-refractivity contribution in [2.45, 2.75) is 44.6 Å². The molecule has 74 valence electrons. The average Bonchev–Trinajstić information content (AvgIpc) is 2.89. The lowest BCUT2D eigenvalue weighted by atomic mass is 9.93. The van der Waals surface area contributed by atoms with E-state index in [9.17, 15) is 4.79 Å². The molecular weight excluding hydrogens is 162 g/mol. The van der Waals surface area contributed by atoms with Crippen molar-refractivity contribution in [1.29, 1.82) is 0 Å². The van der Waals surface area contributed by atoms with Gasteiger partial charge in [-0.3, -0.25) is 9.69 Å². The Morgan fingerprint density at radius 1 is 1.31 bits per heavy atom. The number of rotatable bonds is 3. The summed E-state index contributed by atoms with van der Waals surface area (Å²) in [5.74, 6) is 1.38. The summed E-state index contributed by atoms with van der Waals surface area (Å²) in [6, 6.07) is 0.259. The van der Waals surface area contributed by atoms with Crippen LogP contribution in [0.5, 0.6) is 0 Å². The van der Waals surface area contributed by atoms with Crippen molar-refractivity contribution in [1.82, 2.24) is 4.90 Å². The summed E-state index contributed by atoms with van der Waals surface area (Å²) in [6.45, 7) is 1.15. The molecule has 13 heavy (non-hydrogen) atoms. The molecule has 2 heteroatoms. The van der Waals surface area contributed by atoms with Gasteiger partial charge in [-0.25, -0.2) is 0 Å². The molecule has 2 aliphatic carbocycles. The van der Waals surface area contributed by atoms with Gasteiger partial charge in [0.1, 0.15) is 5.78 Å². The Balaban J connectivity index is 1.84. The number of ketones is 1. The summed E-state index contributed by atoms with van der Waals surface area (Å²) < 4.78 is 0. The molecule has 0 aliphatic heterocycles. The molecule has 0 radical (unpaired) electrons. The van der Waals surface area contributed by atoms with E-state index in [-0.39, 0.29) is 6.04 Å². The molecule has 1 atom stereocenters. The van der Waals surface area contributed by atoms with E-state index >= 15 is 0 Å². The number of carbonyl (C=O) groups excluding carboxylic acids is 1. The smallest absolute Gasteiger partial charge is 0.149 e. The first-order chi connectivity index (χ1) is 6.27. The molecule has 0 amide bonds. The summed E-state index contributed by atoms with van der Waals surface area (Å²) in [4.78, 5) is 13.9. The van der Waals surface area contributed by atoms with Gasteiger partial charge in [0, 0.05) is 13.0 Å². The molecule has 0 bridgehead atoms. The minimum Gasteiger partial charge on any atom is -0.298 e. The highest BCUT2D eigenvalue weighted by Crippen LogP contribution is 2.31. The van der Waals surface area contributed by atoms with E-state index in [4.69, 9.17) is 0 Å². The van der Waals surface area contributed by atoms with Crippen LogP contribution in [0.25, 0.3) is 0 Å². The Hall–Kier alpha value is -0.370. The van der Waals surface area contributed by atoms with E-state index in [1.165, 1.54) is 19.3 Å². The number of hydrogen-bond donors (Lipinski definition) is 0. The first-order valence-corrected chi connectivity index (χ1v) is 5.50. The predicted molar refractivity (Wildman–Crippen MR) is 52.6 cm³/mol. The SMILES string of the molecule is CN(CC1CC1)C1CCCCC1=O. The lowest BCUT2D eigenvalue weighted by molar-refractivity contribution is -0.125. The van der Waals surface area contributed by atoms with Crippen molar-refractivity contribution >= 4 is 5.78 Å². The standard InChI is InChI=1S/C11H19NO/c1-12(8-9-6-7-9)10-4-2-3-5-11(10)13/h9-10H,2-8H2,1H3. The van der Waals surface area contributed by atoms with Crippen LogP contribution < -0.4 is 0 Å². The Kier molecular flexibility index (Phi) is 2.68. The Labute approximate surface area is 80.3 Å². The molecular formula is C11H19NO. The summed E-state index contributed by atoms with van der Waals surface area (Å²) in [6.07, 6.45) is 7.04. The molecule has 0 saturated heterocycles. The normalized spacial score (nSPS) is 29.7. The number of likely N-dealkylation sites (N-methyl/N-ethyl adjacent to an activating group) is 1. The van der Waals surface area contributed by atoms with Gasteiger partial charge in [-0.2, -0.15) is 0 Å². The number of carbonyl (C=O) groups is 1. The first-order valence-electron chi connectivity index (χ1n) is 5.50. The maximum atomic E-state index is 11.6. The Bertz CT molecular complexity index is 198. The van der Waals surface area contributed by atoms with Gasteiger partial charge in [-0.05, 0) is 38.6 Å². The molecule has 0 aromatic carbocycles. The van der Waals surface area contributed by atoms with E-state index in [2.05, 4.69) is 11.9 Å². The van der Waals surface area contributed by atoms with Gasteiger partial charge in [-0.15, -0.1) is 0 Å². The third-order valence-corrected chi connectivity index (χ3v) is 3.30. The third kappa shape index (κ3) is 2.31. The van der Waals surface area contributed by atoms with E-state index < -0.39 is 0 Å². The highest BCUT2D eigenvalue weighted by Gasteiger charge is 2.30. The topological polar surface area (TPSA) is 20.3 Å². The summed E-state index contributed by atoms with van der Waals surface area (Å²) >= 11 is 0. The monoisotopic (exact) mass is 181 g/mol. The van der Waals surface area contributed by atoms with Crippen molar-refractivity contribution in [3.05, 3.63) is 0 Å². The van der Waals surface area contributed by atoms with Crippen molar-refractivity contribution in [2.75, 3.05) is 13.6 Å². The van der Waals surface area contributed by atoms with Crippen molar-refractivity contribution < 1.29 is 4.79 Å². The summed E-state index contributed by atoms with van der Waals surface area (Å²) in [7, 11) is 2.12. The Morgan fingerprint density at radius 3 is 2.69 bits per heavy atom. The Morgan fingerprint density at radius 2 is 2.08 bits per heavy atom. The number of hydrogen-bond acceptors (Lipinski definition) is 2. The largest absolute Gasteiger partial charge is 0.298 e. The molecule has 2 aliphatic rings. The molecule has 0 heterocycles. The highest BCUT2D eigenvalue weighted by atomic mass is 16.1. The van der Waals surface area contributed by atoms with E-state index in [0.29, 0.717) is 5.78 Å². The molecule has 2 rings (SSSR count). The molecule has 0 aromatic rings. The van der Waals surface area contributed by atoms with E-state index in [0.717, 1.165) is 31.7 Å². The number of nitrogens with zero attached hydrogens (tertiary/aromatic N) is 1. The second-order valence-corrected chi connectivity index (χ2v) is 4.61. The van der Waals surface area contributed by atoms with Gasteiger partial charge in [0.05, 0.1) is 6.04 Å². The lowest BCUT2D eigenvalue weighted by Gasteiger charge is -2.29. The van der Waals surface area contributed by atoms with Crippen molar-refractivity contribution in [3.8, 4) is 0 Å².